The SMILES string of the molecule is CCC(=O)c1ccc(OCc2cccc(Br)c2)cc1. The Labute approximate surface area is 121 Å². The topological polar surface area (TPSA) is 26.3 Å². The number of hydrogen-bond donors (Lipinski definition) is 0. The number of ketones is 1. The third kappa shape index (κ3) is 3.93. The summed E-state index contributed by atoms with van der Waals surface area (Å²) in [6, 6.07) is 15.3. The first-order valence-electron chi connectivity index (χ1n) is 6.19. The highest BCUT2D eigenvalue weighted by Crippen LogP contribution is 2.17. The second kappa shape index (κ2) is 6.53. The maximum atomic E-state index is 11.5. The highest BCUT2D eigenvalue weighted by Gasteiger charge is 2.03. The van der Waals surface area contributed by atoms with Crippen LogP contribution in [0, 0.1) is 0 Å². The number of carbonyl (C=O) groups excluding carboxylic acids is 1. The Bertz CT molecular complexity index is 561. The summed E-state index contributed by atoms with van der Waals surface area (Å²) in [6.07, 6.45) is 0.526. The lowest BCUT2D eigenvalue weighted by Gasteiger charge is -2.07. The molecule has 0 atom stereocenters. The largest absolute Gasteiger partial charge is 0.489 e. The highest BCUT2D eigenvalue weighted by molar-refractivity contribution is 9.10. The van der Waals surface area contributed by atoms with Crippen LogP contribution < -0.4 is 4.74 Å². The summed E-state index contributed by atoms with van der Waals surface area (Å²) in [5.41, 5.74) is 1.83. The zero-order chi connectivity index (χ0) is 13.7. The van der Waals surface area contributed by atoms with E-state index in [4.69, 9.17) is 4.74 Å². The molecule has 0 saturated heterocycles. The monoisotopic (exact) mass is 318 g/mol. The van der Waals surface area contributed by atoms with Crippen molar-refractivity contribution < 1.29 is 9.53 Å². The van der Waals surface area contributed by atoms with Crippen molar-refractivity contribution in [1.82, 2.24) is 0 Å². The van der Waals surface area contributed by atoms with E-state index >= 15 is 0 Å². The number of carbonyl (C=O) groups is 1. The average Bonchev–Trinajstić information content (AvgIpc) is 2.45. The van der Waals surface area contributed by atoms with Gasteiger partial charge in [0.05, 0.1) is 0 Å². The van der Waals surface area contributed by atoms with Crippen LogP contribution >= 0.6 is 15.9 Å². The van der Waals surface area contributed by atoms with E-state index in [2.05, 4.69) is 15.9 Å². The van der Waals surface area contributed by atoms with Crippen molar-refractivity contribution in [1.29, 1.82) is 0 Å². The Balaban J connectivity index is 1.98. The molecule has 0 N–H and O–H groups in total. The summed E-state index contributed by atoms with van der Waals surface area (Å²) in [4.78, 5) is 11.5. The second-order valence-electron chi connectivity index (χ2n) is 4.22. The molecular formula is C16H15BrO2. The summed E-state index contributed by atoms with van der Waals surface area (Å²) in [6.45, 7) is 2.38. The predicted octanol–water partition coefficient (Wildman–Crippen LogP) is 4.62. The van der Waals surface area contributed by atoms with E-state index in [1.54, 1.807) is 0 Å². The van der Waals surface area contributed by atoms with E-state index in [0.29, 0.717) is 13.0 Å². The van der Waals surface area contributed by atoms with Crippen molar-refractivity contribution in [3.63, 3.8) is 0 Å². The van der Waals surface area contributed by atoms with Crippen molar-refractivity contribution in [2.24, 2.45) is 0 Å². The minimum Gasteiger partial charge on any atom is -0.489 e. The van der Waals surface area contributed by atoms with Crippen molar-refractivity contribution in [3.8, 4) is 5.75 Å². The van der Waals surface area contributed by atoms with Crippen LogP contribution in [0.5, 0.6) is 5.75 Å². The van der Waals surface area contributed by atoms with Gasteiger partial charge >= 0.3 is 0 Å². The van der Waals surface area contributed by atoms with Crippen LogP contribution in [0.25, 0.3) is 0 Å². The minimum absolute atomic E-state index is 0.151. The lowest BCUT2D eigenvalue weighted by atomic mass is 10.1. The highest BCUT2D eigenvalue weighted by atomic mass is 79.9. The van der Waals surface area contributed by atoms with Crippen molar-refractivity contribution in [2.45, 2.75) is 20.0 Å². The molecule has 2 nitrogen and oxygen atoms in total. The molecular weight excluding hydrogens is 304 g/mol. The fourth-order valence-electron chi connectivity index (χ4n) is 1.73. The zero-order valence-corrected chi connectivity index (χ0v) is 12.3. The van der Waals surface area contributed by atoms with Gasteiger partial charge in [0.25, 0.3) is 0 Å². The van der Waals surface area contributed by atoms with E-state index in [1.165, 1.54) is 0 Å². The fourth-order valence-corrected chi connectivity index (χ4v) is 2.18. The maximum Gasteiger partial charge on any atom is 0.162 e. The van der Waals surface area contributed by atoms with Gasteiger partial charge in [-0.15, -0.1) is 0 Å². The summed E-state index contributed by atoms with van der Waals surface area (Å²) in [7, 11) is 0. The number of hydrogen-bond acceptors (Lipinski definition) is 2. The van der Waals surface area contributed by atoms with E-state index in [9.17, 15) is 4.79 Å². The number of benzene rings is 2. The smallest absolute Gasteiger partial charge is 0.162 e. The first-order chi connectivity index (χ1) is 9.19. The van der Waals surface area contributed by atoms with Crippen LogP contribution in [0.4, 0.5) is 0 Å². The summed E-state index contributed by atoms with van der Waals surface area (Å²) >= 11 is 3.43. The van der Waals surface area contributed by atoms with Crippen LogP contribution in [-0.2, 0) is 6.61 Å². The Hall–Kier alpha value is -1.61. The molecule has 0 radical (unpaired) electrons. The molecule has 2 rings (SSSR count). The Morgan fingerprint density at radius 3 is 2.53 bits per heavy atom. The lowest BCUT2D eigenvalue weighted by Crippen LogP contribution is -1.98. The van der Waals surface area contributed by atoms with Crippen LogP contribution in [0.1, 0.15) is 29.3 Å². The third-order valence-corrected chi connectivity index (χ3v) is 3.29. The molecule has 2 aromatic carbocycles. The van der Waals surface area contributed by atoms with Crippen molar-refractivity contribution in [2.75, 3.05) is 0 Å². The normalized spacial score (nSPS) is 10.2. The van der Waals surface area contributed by atoms with Gasteiger partial charge in [-0.25, -0.2) is 0 Å². The maximum absolute atomic E-state index is 11.5. The lowest BCUT2D eigenvalue weighted by molar-refractivity contribution is 0.0988. The van der Waals surface area contributed by atoms with Gasteiger partial charge < -0.3 is 4.74 Å². The molecule has 0 bridgehead atoms. The van der Waals surface area contributed by atoms with Gasteiger partial charge in [-0.05, 0) is 42.0 Å². The molecule has 0 aliphatic heterocycles. The Morgan fingerprint density at radius 2 is 1.89 bits per heavy atom. The van der Waals surface area contributed by atoms with Gasteiger partial charge in [0.2, 0.25) is 0 Å². The standard InChI is InChI=1S/C16H15BrO2/c1-2-16(18)13-6-8-15(9-7-13)19-11-12-4-3-5-14(17)10-12/h3-10H,2,11H2,1H3. The van der Waals surface area contributed by atoms with Crippen LogP contribution in [0.2, 0.25) is 0 Å². The molecule has 0 amide bonds. The summed E-state index contributed by atoms with van der Waals surface area (Å²) in [5, 5.41) is 0. The molecule has 3 heteroatoms. The first kappa shape index (κ1) is 13.8. The third-order valence-electron chi connectivity index (χ3n) is 2.79. The fraction of sp³-hybridized carbons (Fsp3) is 0.188. The number of Topliss-reactive ketones (excluding diaryl/α,β-unsaturated/α-hetero) is 1. The van der Waals surface area contributed by atoms with Gasteiger partial charge in [-0.1, -0.05) is 35.0 Å². The molecule has 0 unspecified atom stereocenters. The van der Waals surface area contributed by atoms with E-state index in [0.717, 1.165) is 21.3 Å². The van der Waals surface area contributed by atoms with E-state index in [1.807, 2.05) is 55.5 Å². The van der Waals surface area contributed by atoms with Crippen LogP contribution in [0.15, 0.2) is 53.0 Å². The van der Waals surface area contributed by atoms with Gasteiger partial charge in [0, 0.05) is 16.5 Å². The predicted molar refractivity (Wildman–Crippen MR) is 79.5 cm³/mol. The number of rotatable bonds is 5. The average molecular weight is 319 g/mol. The van der Waals surface area contributed by atoms with Gasteiger partial charge in [0.15, 0.2) is 5.78 Å². The van der Waals surface area contributed by atoms with Crippen LogP contribution in [-0.4, -0.2) is 5.78 Å². The minimum atomic E-state index is 0.151. The second-order valence-corrected chi connectivity index (χ2v) is 5.14. The van der Waals surface area contributed by atoms with Gasteiger partial charge in [0.1, 0.15) is 12.4 Å². The van der Waals surface area contributed by atoms with Crippen molar-refractivity contribution in [3.05, 3.63) is 64.1 Å². The number of halogens is 1. The van der Waals surface area contributed by atoms with E-state index < -0.39 is 0 Å². The molecule has 0 aromatic heterocycles. The Kier molecular flexibility index (Phi) is 4.74. The van der Waals surface area contributed by atoms with Gasteiger partial charge in [-0.3, -0.25) is 4.79 Å². The summed E-state index contributed by atoms with van der Waals surface area (Å²) < 4.78 is 6.72. The molecule has 19 heavy (non-hydrogen) atoms. The molecule has 0 heterocycles. The summed E-state index contributed by atoms with van der Waals surface area (Å²) in [5.74, 6) is 0.922. The van der Waals surface area contributed by atoms with Crippen LogP contribution in [0.3, 0.4) is 0 Å². The zero-order valence-electron chi connectivity index (χ0n) is 10.7. The molecule has 2 aromatic rings. The molecule has 98 valence electrons. The number of ether oxygens (including phenoxy) is 1. The molecule has 0 spiro atoms. The van der Waals surface area contributed by atoms with Gasteiger partial charge in [-0.2, -0.15) is 0 Å². The molecule has 0 aliphatic carbocycles. The molecule has 0 fully saturated rings. The molecule has 0 saturated carbocycles. The van der Waals surface area contributed by atoms with Crippen molar-refractivity contribution >= 4 is 21.7 Å². The Morgan fingerprint density at radius 1 is 1.16 bits per heavy atom. The quantitative estimate of drug-likeness (QED) is 0.752. The van der Waals surface area contributed by atoms with E-state index in [-0.39, 0.29) is 5.78 Å². The molecule has 0 aliphatic rings. The first-order valence-corrected chi connectivity index (χ1v) is 6.99.